The molecule has 1 rings (SSSR count). The molecule has 1 radical (unpaired) electrons. The molecule has 0 aliphatic rings. The van der Waals surface area contributed by atoms with Crippen LogP contribution in [0.15, 0.2) is 36.4 Å². The molecule has 0 aliphatic carbocycles. The van der Waals surface area contributed by atoms with Gasteiger partial charge in [-0.15, -0.1) is 0 Å². The zero-order valence-corrected chi connectivity index (χ0v) is 13.1. The van der Waals surface area contributed by atoms with Crippen LogP contribution in [0.3, 0.4) is 0 Å². The van der Waals surface area contributed by atoms with Crippen LogP contribution in [-0.2, 0) is 9.53 Å². The summed E-state index contributed by atoms with van der Waals surface area (Å²) in [5.41, 5.74) is 0.460. The molecule has 115 valence electrons. The smallest absolute Gasteiger partial charge is 0.333 e. The summed E-state index contributed by atoms with van der Waals surface area (Å²) < 4.78 is 11.0. The lowest BCUT2D eigenvalue weighted by molar-refractivity contribution is -0.144. The maximum Gasteiger partial charge on any atom is 0.333 e. The molecule has 0 heterocycles. The minimum Gasteiger partial charge on any atom is -0.494 e. The lowest BCUT2D eigenvalue weighted by Gasteiger charge is -2.16. The van der Waals surface area contributed by atoms with Crippen molar-refractivity contribution < 1.29 is 14.3 Å². The lowest BCUT2D eigenvalue weighted by Crippen LogP contribution is -2.17. The van der Waals surface area contributed by atoms with Crippen LogP contribution < -0.4 is 4.74 Å². The van der Waals surface area contributed by atoms with E-state index in [4.69, 9.17) is 9.47 Å². The third-order valence-corrected chi connectivity index (χ3v) is 3.20. The van der Waals surface area contributed by atoms with Crippen LogP contribution in [0.4, 0.5) is 0 Å². The first-order valence-electron chi connectivity index (χ1n) is 7.59. The molecule has 3 heteroatoms. The topological polar surface area (TPSA) is 35.5 Å². The van der Waals surface area contributed by atoms with E-state index in [1.54, 1.807) is 6.92 Å². The highest BCUT2D eigenvalue weighted by Gasteiger charge is 2.12. The van der Waals surface area contributed by atoms with Crippen LogP contribution in [0.25, 0.3) is 0 Å². The summed E-state index contributed by atoms with van der Waals surface area (Å²) in [6, 6.07) is 10.5. The maximum absolute atomic E-state index is 11.5. The van der Waals surface area contributed by atoms with Gasteiger partial charge < -0.3 is 9.47 Å². The first-order chi connectivity index (χ1) is 10.1. The van der Waals surface area contributed by atoms with Crippen molar-refractivity contribution >= 4 is 5.97 Å². The second-order valence-corrected chi connectivity index (χ2v) is 5.15. The molecule has 1 aromatic rings. The van der Waals surface area contributed by atoms with Crippen LogP contribution >= 0.6 is 0 Å². The molecule has 0 aliphatic heterocycles. The first-order valence-corrected chi connectivity index (χ1v) is 7.59. The Bertz CT molecular complexity index is 425. The second-order valence-electron chi connectivity index (χ2n) is 5.15. The van der Waals surface area contributed by atoms with E-state index in [0.29, 0.717) is 12.2 Å². The van der Waals surface area contributed by atoms with E-state index in [1.165, 1.54) is 0 Å². The van der Waals surface area contributed by atoms with Gasteiger partial charge in [-0.05, 0) is 57.2 Å². The zero-order chi connectivity index (χ0) is 15.5. The van der Waals surface area contributed by atoms with Crippen LogP contribution in [0.1, 0.15) is 46.0 Å². The van der Waals surface area contributed by atoms with Crippen molar-refractivity contribution in [2.75, 3.05) is 6.61 Å². The number of carbonyl (C=O) groups is 1. The van der Waals surface area contributed by atoms with Crippen molar-refractivity contribution in [1.82, 2.24) is 0 Å². The van der Waals surface area contributed by atoms with E-state index in [0.717, 1.165) is 37.9 Å². The Morgan fingerprint density at radius 3 is 2.62 bits per heavy atom. The summed E-state index contributed by atoms with van der Waals surface area (Å²) in [4.78, 5) is 11.5. The SMILES string of the molecule is C=C(C)C(=O)OC(CC)CCCCCOc1cc[c]cc1. The van der Waals surface area contributed by atoms with Gasteiger partial charge in [-0.1, -0.05) is 25.6 Å². The number of hydrogen-bond acceptors (Lipinski definition) is 3. The molecule has 1 atom stereocenters. The van der Waals surface area contributed by atoms with Crippen LogP contribution in [0.2, 0.25) is 0 Å². The number of rotatable bonds is 10. The third kappa shape index (κ3) is 7.54. The van der Waals surface area contributed by atoms with Gasteiger partial charge in [0.15, 0.2) is 0 Å². The molecule has 0 N–H and O–H groups in total. The third-order valence-electron chi connectivity index (χ3n) is 3.20. The number of unbranched alkanes of at least 4 members (excludes halogenated alkanes) is 2. The second kappa shape index (κ2) is 10.0. The van der Waals surface area contributed by atoms with Gasteiger partial charge in [0.25, 0.3) is 0 Å². The van der Waals surface area contributed by atoms with Crippen molar-refractivity contribution in [3.63, 3.8) is 0 Å². The van der Waals surface area contributed by atoms with Gasteiger partial charge in [-0.25, -0.2) is 4.79 Å². The summed E-state index contributed by atoms with van der Waals surface area (Å²) in [5.74, 6) is 0.599. The first kappa shape index (κ1) is 17.3. The number of esters is 1. The fourth-order valence-electron chi connectivity index (χ4n) is 1.91. The Balaban J connectivity index is 2.09. The molecule has 3 nitrogen and oxygen atoms in total. The molecule has 0 saturated heterocycles. The van der Waals surface area contributed by atoms with Crippen molar-refractivity contribution in [2.24, 2.45) is 0 Å². The highest BCUT2D eigenvalue weighted by molar-refractivity contribution is 5.87. The zero-order valence-electron chi connectivity index (χ0n) is 13.1. The number of benzene rings is 1. The van der Waals surface area contributed by atoms with Gasteiger partial charge in [0.05, 0.1) is 6.61 Å². The van der Waals surface area contributed by atoms with E-state index in [1.807, 2.05) is 31.2 Å². The highest BCUT2D eigenvalue weighted by atomic mass is 16.5. The average Bonchev–Trinajstić information content (AvgIpc) is 2.50. The molecule has 0 amide bonds. The average molecular weight is 289 g/mol. The fourth-order valence-corrected chi connectivity index (χ4v) is 1.91. The number of carbonyl (C=O) groups excluding carboxylic acids is 1. The fraction of sp³-hybridized carbons (Fsp3) is 0.500. The predicted octanol–water partition coefficient (Wildman–Crippen LogP) is 4.32. The van der Waals surface area contributed by atoms with Gasteiger partial charge in [0.2, 0.25) is 0 Å². The molecule has 0 spiro atoms. The normalized spacial score (nSPS) is 11.7. The summed E-state index contributed by atoms with van der Waals surface area (Å²) in [6.07, 6.45) is 4.85. The summed E-state index contributed by atoms with van der Waals surface area (Å²) in [5, 5.41) is 0. The van der Waals surface area contributed by atoms with Gasteiger partial charge in [0.1, 0.15) is 11.9 Å². The molecular formula is C18H25O3. The minimum atomic E-state index is -0.286. The van der Waals surface area contributed by atoms with Crippen LogP contribution in [0, 0.1) is 6.07 Å². The lowest BCUT2D eigenvalue weighted by atomic mass is 10.1. The minimum absolute atomic E-state index is 0.000205. The molecular weight excluding hydrogens is 264 g/mol. The maximum atomic E-state index is 11.5. The van der Waals surface area contributed by atoms with Gasteiger partial charge in [-0.3, -0.25) is 0 Å². The Morgan fingerprint density at radius 2 is 2.00 bits per heavy atom. The summed E-state index contributed by atoms with van der Waals surface area (Å²) in [6.45, 7) is 8.02. The Hall–Kier alpha value is -1.77. The summed E-state index contributed by atoms with van der Waals surface area (Å²) in [7, 11) is 0. The quantitative estimate of drug-likeness (QED) is 0.365. The molecule has 1 unspecified atom stereocenters. The Kier molecular flexibility index (Phi) is 8.25. The van der Waals surface area contributed by atoms with Crippen molar-refractivity contribution in [1.29, 1.82) is 0 Å². The predicted molar refractivity (Wildman–Crippen MR) is 84.2 cm³/mol. The van der Waals surface area contributed by atoms with Gasteiger partial charge in [0, 0.05) is 5.57 Å². The van der Waals surface area contributed by atoms with Crippen LogP contribution in [-0.4, -0.2) is 18.7 Å². The van der Waals surface area contributed by atoms with E-state index in [9.17, 15) is 4.79 Å². The van der Waals surface area contributed by atoms with Gasteiger partial charge in [-0.2, -0.15) is 0 Å². The Labute approximate surface area is 128 Å². The van der Waals surface area contributed by atoms with E-state index in [-0.39, 0.29) is 12.1 Å². The monoisotopic (exact) mass is 289 g/mol. The van der Waals surface area contributed by atoms with E-state index in [2.05, 4.69) is 12.6 Å². The Morgan fingerprint density at radius 1 is 1.29 bits per heavy atom. The van der Waals surface area contributed by atoms with E-state index >= 15 is 0 Å². The number of ether oxygens (including phenoxy) is 2. The molecule has 0 aromatic heterocycles. The molecule has 0 saturated carbocycles. The molecule has 1 aromatic carbocycles. The number of hydrogen-bond donors (Lipinski definition) is 0. The van der Waals surface area contributed by atoms with Crippen molar-refractivity contribution in [2.45, 2.75) is 52.1 Å². The van der Waals surface area contributed by atoms with E-state index < -0.39 is 0 Å². The van der Waals surface area contributed by atoms with Crippen LogP contribution in [0.5, 0.6) is 5.75 Å². The molecule has 0 fully saturated rings. The molecule has 21 heavy (non-hydrogen) atoms. The highest BCUT2D eigenvalue weighted by Crippen LogP contribution is 2.13. The largest absolute Gasteiger partial charge is 0.494 e. The van der Waals surface area contributed by atoms with Gasteiger partial charge >= 0.3 is 5.97 Å². The molecule has 0 bridgehead atoms. The standard InChI is InChI=1S/C18H25O3/c1-4-16(21-18(19)15(2)3)11-9-6-10-14-20-17-12-7-5-8-13-17/h7-8,12-13,16H,2,4,6,9-11,14H2,1,3H3. The van der Waals surface area contributed by atoms with Crippen molar-refractivity contribution in [3.05, 3.63) is 42.5 Å². The van der Waals surface area contributed by atoms with Crippen molar-refractivity contribution in [3.8, 4) is 5.75 Å². The summed E-state index contributed by atoms with van der Waals surface area (Å²) >= 11 is 0.